The van der Waals surface area contributed by atoms with Crippen LogP contribution in [0, 0.1) is 0 Å². The quantitative estimate of drug-likeness (QED) is 0.369. The monoisotopic (exact) mass is 497 g/mol. The summed E-state index contributed by atoms with van der Waals surface area (Å²) in [6, 6.07) is 10.2. The van der Waals surface area contributed by atoms with Crippen molar-refractivity contribution in [2.75, 3.05) is 6.61 Å². The molecule has 0 saturated carbocycles. The molecule has 137 valence electrons. The Morgan fingerprint density at radius 1 is 1.19 bits per heavy atom. The smallest absolute Gasteiger partial charge is 1.00 e. The van der Waals surface area contributed by atoms with Crippen LogP contribution in [0.3, 0.4) is 0 Å². The van der Waals surface area contributed by atoms with Gasteiger partial charge in [-0.1, -0.05) is 55.2 Å². The largest absolute Gasteiger partial charge is 3.00 e. The van der Waals surface area contributed by atoms with Crippen molar-refractivity contribution in [3.05, 3.63) is 47.2 Å². The third-order valence-corrected chi connectivity index (χ3v) is 12.5. The number of hydrogen-bond donors (Lipinski definition) is 1. The van der Waals surface area contributed by atoms with Crippen molar-refractivity contribution < 1.29 is 56.1 Å². The van der Waals surface area contributed by atoms with Crippen molar-refractivity contribution in [3.8, 4) is 0 Å². The predicted octanol–water partition coefficient (Wildman–Crippen LogP) is -2.35. The van der Waals surface area contributed by atoms with Gasteiger partial charge in [0, 0.05) is 14.7 Å². The SMILES string of the molecule is C[Si](C)(CCO)C1=CCC(c2cccc3[cH-]c4c(c23)[Si]4(C)C)=C1.[Cl-].[Cl-].[Zr+3]. The molecule has 6 heteroatoms. The van der Waals surface area contributed by atoms with Crippen molar-refractivity contribution in [1.29, 1.82) is 0 Å². The van der Waals surface area contributed by atoms with E-state index in [2.05, 4.69) is 62.6 Å². The van der Waals surface area contributed by atoms with Crippen LogP contribution in [0.15, 0.2) is 41.6 Å². The van der Waals surface area contributed by atoms with Gasteiger partial charge in [-0.15, -0.1) is 29.0 Å². The molecular formula is C20H25Cl2OSi2Zr. The summed E-state index contributed by atoms with van der Waals surface area (Å²) in [6.07, 6.45) is 5.91. The maximum absolute atomic E-state index is 9.35. The zero-order valence-electron chi connectivity index (χ0n) is 15.8. The average Bonchev–Trinajstić information content (AvgIpc) is 2.96. The van der Waals surface area contributed by atoms with Crippen LogP contribution >= 0.6 is 0 Å². The summed E-state index contributed by atoms with van der Waals surface area (Å²) in [6.45, 7) is 9.99. The van der Waals surface area contributed by atoms with Gasteiger partial charge in [-0.2, -0.15) is 10.4 Å². The van der Waals surface area contributed by atoms with Gasteiger partial charge in [-0.05, 0) is 18.0 Å². The van der Waals surface area contributed by atoms with E-state index in [4.69, 9.17) is 0 Å². The van der Waals surface area contributed by atoms with Crippen molar-refractivity contribution in [2.24, 2.45) is 0 Å². The Kier molecular flexibility index (Phi) is 7.70. The van der Waals surface area contributed by atoms with Gasteiger partial charge in [0.2, 0.25) is 0 Å². The molecule has 1 N–H and O–H groups in total. The van der Waals surface area contributed by atoms with Crippen LogP contribution in [0.25, 0.3) is 16.3 Å². The number of hydrogen-bond acceptors (Lipinski definition) is 1. The summed E-state index contributed by atoms with van der Waals surface area (Å²) < 4.78 is 0. The van der Waals surface area contributed by atoms with E-state index < -0.39 is 16.1 Å². The first-order valence-corrected chi connectivity index (χ1v) is 14.8. The molecule has 2 aliphatic rings. The molecule has 1 aliphatic carbocycles. The number of fused-ring (bicyclic) bond motifs is 3. The molecule has 0 bridgehead atoms. The Balaban J connectivity index is 0.00000113. The summed E-state index contributed by atoms with van der Waals surface area (Å²) in [4.78, 5) is 0. The van der Waals surface area contributed by atoms with Crippen molar-refractivity contribution >= 4 is 42.9 Å². The number of benzene rings is 1. The van der Waals surface area contributed by atoms with E-state index >= 15 is 0 Å². The van der Waals surface area contributed by atoms with Crippen molar-refractivity contribution in [3.63, 3.8) is 0 Å². The minimum Gasteiger partial charge on any atom is -1.00 e. The first-order chi connectivity index (χ1) is 10.9. The van der Waals surface area contributed by atoms with Gasteiger partial charge in [0.25, 0.3) is 0 Å². The minimum atomic E-state index is -1.48. The Bertz CT molecular complexity index is 881. The molecule has 0 amide bonds. The molecule has 1 radical (unpaired) electrons. The molecule has 0 spiro atoms. The Morgan fingerprint density at radius 2 is 1.88 bits per heavy atom. The van der Waals surface area contributed by atoms with Gasteiger partial charge in [0.1, 0.15) is 0 Å². The molecule has 1 heterocycles. The average molecular weight is 500 g/mol. The van der Waals surface area contributed by atoms with Crippen LogP contribution in [0.5, 0.6) is 0 Å². The number of aliphatic hydroxyl groups is 1. The summed E-state index contributed by atoms with van der Waals surface area (Å²) in [5.41, 5.74) is 2.94. The molecule has 0 saturated heterocycles. The molecule has 0 aromatic heterocycles. The molecule has 0 unspecified atom stereocenters. The van der Waals surface area contributed by atoms with Crippen LogP contribution in [0.2, 0.25) is 32.2 Å². The summed E-state index contributed by atoms with van der Waals surface area (Å²) in [5, 5.41) is 17.2. The van der Waals surface area contributed by atoms with E-state index in [0.717, 1.165) is 12.5 Å². The van der Waals surface area contributed by atoms with E-state index in [1.165, 1.54) is 21.7 Å². The van der Waals surface area contributed by atoms with Crippen LogP contribution < -0.4 is 35.2 Å². The molecular weight excluding hydrogens is 475 g/mol. The first-order valence-electron chi connectivity index (χ1n) is 8.62. The number of allylic oxidation sites excluding steroid dienone is 4. The van der Waals surface area contributed by atoms with Gasteiger partial charge in [0.05, 0.1) is 8.07 Å². The van der Waals surface area contributed by atoms with Crippen LogP contribution in [-0.4, -0.2) is 27.9 Å². The maximum atomic E-state index is 9.35. The first kappa shape index (κ1) is 24.2. The molecule has 1 nitrogen and oxygen atoms in total. The fraction of sp³-hybridized carbons (Fsp3) is 0.350. The maximum Gasteiger partial charge on any atom is 3.00 e. The van der Waals surface area contributed by atoms with Gasteiger partial charge < -0.3 is 29.9 Å². The van der Waals surface area contributed by atoms with Gasteiger partial charge >= 0.3 is 26.2 Å². The fourth-order valence-electron chi connectivity index (χ4n) is 4.20. The van der Waals surface area contributed by atoms with E-state index in [1.807, 2.05) is 0 Å². The van der Waals surface area contributed by atoms with Gasteiger partial charge in [-0.25, -0.2) is 0 Å². The van der Waals surface area contributed by atoms with Crippen LogP contribution in [-0.2, 0) is 26.2 Å². The van der Waals surface area contributed by atoms with Crippen molar-refractivity contribution in [2.45, 2.75) is 38.7 Å². The standard InChI is InChI=1S/C20H25OSi2.2ClH.Zr/c1-22(2,11-10-21)16-9-8-14(12-16)17-7-5-6-15-13-18-20(19(15)17)23(18,3)4;;;/h5-7,9,12-13,21H,8,10-11H2,1-4H3;2*1H;/q-1;;;+3/p-2. The molecule has 4 rings (SSSR count). The summed E-state index contributed by atoms with van der Waals surface area (Å²) in [5.74, 6) is 0. The second-order valence-corrected chi connectivity index (χ2v) is 17.4. The molecule has 0 atom stereocenters. The number of aliphatic hydroxyl groups excluding tert-OH is 1. The molecule has 26 heavy (non-hydrogen) atoms. The van der Waals surface area contributed by atoms with Crippen LogP contribution in [0.4, 0.5) is 0 Å². The Labute approximate surface area is 190 Å². The van der Waals surface area contributed by atoms with Crippen molar-refractivity contribution in [1.82, 2.24) is 0 Å². The van der Waals surface area contributed by atoms with Gasteiger partial charge in [-0.3, -0.25) is 0 Å². The topological polar surface area (TPSA) is 20.2 Å². The van der Waals surface area contributed by atoms with E-state index in [9.17, 15) is 5.11 Å². The van der Waals surface area contributed by atoms with E-state index in [1.54, 1.807) is 15.8 Å². The van der Waals surface area contributed by atoms with E-state index in [0.29, 0.717) is 6.61 Å². The second kappa shape index (κ2) is 8.27. The number of halogens is 2. The third kappa shape index (κ3) is 3.71. The molecule has 2 aromatic rings. The third-order valence-electron chi connectivity index (χ3n) is 5.89. The normalized spacial score (nSPS) is 16.7. The van der Waals surface area contributed by atoms with Gasteiger partial charge in [0.15, 0.2) is 0 Å². The summed E-state index contributed by atoms with van der Waals surface area (Å²) in [7, 11) is -2.68. The minimum absolute atomic E-state index is 0. The molecule has 0 fully saturated rings. The Hall–Kier alpha value is 0.167. The zero-order chi connectivity index (χ0) is 16.4. The fourth-order valence-corrected chi connectivity index (χ4v) is 9.63. The molecule has 1 aliphatic heterocycles. The predicted molar refractivity (Wildman–Crippen MR) is 106 cm³/mol. The van der Waals surface area contributed by atoms with Crippen LogP contribution in [0.1, 0.15) is 12.0 Å². The second-order valence-electron chi connectivity index (χ2n) is 8.22. The van der Waals surface area contributed by atoms with E-state index in [-0.39, 0.29) is 51.0 Å². The molecule has 2 aromatic carbocycles. The summed E-state index contributed by atoms with van der Waals surface area (Å²) >= 11 is 0. The zero-order valence-corrected chi connectivity index (χ0v) is 21.8. The number of rotatable bonds is 4. The Morgan fingerprint density at radius 3 is 2.54 bits per heavy atom.